The van der Waals surface area contributed by atoms with E-state index in [2.05, 4.69) is 15.6 Å². The molecule has 1 unspecified atom stereocenters. The van der Waals surface area contributed by atoms with Crippen LogP contribution in [0.1, 0.15) is 42.5 Å². The molecule has 0 bridgehead atoms. The Morgan fingerprint density at radius 1 is 1.36 bits per heavy atom. The smallest absolute Gasteiger partial charge is 0.251 e. The highest BCUT2D eigenvalue weighted by atomic mass is 16.5. The zero-order valence-corrected chi connectivity index (χ0v) is 13.0. The van der Waals surface area contributed by atoms with E-state index in [-0.39, 0.29) is 11.5 Å². The molecule has 2 N–H and O–H groups in total. The number of aromatic nitrogens is 1. The van der Waals surface area contributed by atoms with Gasteiger partial charge in [0.1, 0.15) is 0 Å². The summed E-state index contributed by atoms with van der Waals surface area (Å²) in [7, 11) is 0. The lowest BCUT2D eigenvalue weighted by atomic mass is 9.79. The third kappa shape index (κ3) is 3.84. The molecule has 1 amide bonds. The maximum Gasteiger partial charge on any atom is 0.251 e. The van der Waals surface area contributed by atoms with Crippen molar-refractivity contribution in [2.45, 2.75) is 37.7 Å². The van der Waals surface area contributed by atoms with Gasteiger partial charge < -0.3 is 15.4 Å². The number of carbonyl (C=O) groups is 1. The van der Waals surface area contributed by atoms with E-state index in [1.807, 2.05) is 0 Å². The van der Waals surface area contributed by atoms with Gasteiger partial charge in [-0.2, -0.15) is 0 Å². The van der Waals surface area contributed by atoms with Crippen LogP contribution in [0.3, 0.4) is 0 Å². The highest BCUT2D eigenvalue weighted by Gasteiger charge is 2.38. The van der Waals surface area contributed by atoms with Gasteiger partial charge in [0.25, 0.3) is 5.91 Å². The van der Waals surface area contributed by atoms with Crippen LogP contribution in [0.15, 0.2) is 24.5 Å². The summed E-state index contributed by atoms with van der Waals surface area (Å²) < 4.78 is 6.10. The first-order valence-electron chi connectivity index (χ1n) is 8.30. The molecule has 120 valence electrons. The zero-order valence-electron chi connectivity index (χ0n) is 13.0. The maximum absolute atomic E-state index is 12.0. The van der Waals surface area contributed by atoms with E-state index in [1.54, 1.807) is 24.5 Å². The van der Waals surface area contributed by atoms with Crippen molar-refractivity contribution in [1.29, 1.82) is 0 Å². The molecule has 1 aromatic heterocycles. The summed E-state index contributed by atoms with van der Waals surface area (Å²) in [6.45, 7) is 3.72. The summed E-state index contributed by atoms with van der Waals surface area (Å²) in [5, 5.41) is 6.42. The van der Waals surface area contributed by atoms with Gasteiger partial charge in [0.15, 0.2) is 0 Å². The lowest BCUT2D eigenvalue weighted by Gasteiger charge is -2.43. The van der Waals surface area contributed by atoms with Gasteiger partial charge in [-0.1, -0.05) is 0 Å². The van der Waals surface area contributed by atoms with E-state index in [9.17, 15) is 4.79 Å². The summed E-state index contributed by atoms with van der Waals surface area (Å²) in [6, 6.07) is 3.49. The van der Waals surface area contributed by atoms with Crippen molar-refractivity contribution in [2.75, 3.05) is 26.2 Å². The fraction of sp³-hybridized carbons (Fsp3) is 0.647. The number of rotatable bonds is 4. The Hall–Kier alpha value is -1.46. The van der Waals surface area contributed by atoms with E-state index >= 15 is 0 Å². The SMILES string of the molecule is O=C(NCCC1CCOC2(CCNCC2)C1)c1ccncc1. The van der Waals surface area contributed by atoms with Crippen LogP contribution in [-0.4, -0.2) is 42.7 Å². The first-order valence-corrected chi connectivity index (χ1v) is 8.30. The van der Waals surface area contributed by atoms with Crippen molar-refractivity contribution >= 4 is 5.91 Å². The summed E-state index contributed by atoms with van der Waals surface area (Å²) in [5.41, 5.74) is 0.778. The van der Waals surface area contributed by atoms with Gasteiger partial charge in [-0.05, 0) is 63.2 Å². The first-order chi connectivity index (χ1) is 10.8. The van der Waals surface area contributed by atoms with E-state index in [4.69, 9.17) is 4.74 Å². The summed E-state index contributed by atoms with van der Waals surface area (Å²) in [4.78, 5) is 15.9. The number of piperidine rings is 1. The summed E-state index contributed by atoms with van der Waals surface area (Å²) in [5.74, 6) is 0.649. The topological polar surface area (TPSA) is 63.2 Å². The molecule has 0 saturated carbocycles. The highest BCUT2D eigenvalue weighted by molar-refractivity contribution is 5.93. The molecule has 2 fully saturated rings. The van der Waals surface area contributed by atoms with E-state index in [0.717, 1.165) is 58.3 Å². The molecule has 0 aliphatic carbocycles. The highest BCUT2D eigenvalue weighted by Crippen LogP contribution is 2.37. The average molecular weight is 303 g/mol. The van der Waals surface area contributed by atoms with Gasteiger partial charge in [-0.3, -0.25) is 9.78 Å². The van der Waals surface area contributed by atoms with Crippen LogP contribution in [0, 0.1) is 5.92 Å². The van der Waals surface area contributed by atoms with Crippen LogP contribution in [0.2, 0.25) is 0 Å². The Kier molecular flexibility index (Phi) is 5.05. The molecule has 5 nitrogen and oxygen atoms in total. The average Bonchev–Trinajstić information content (AvgIpc) is 2.56. The Bertz CT molecular complexity index is 480. The van der Waals surface area contributed by atoms with Crippen LogP contribution in [0.4, 0.5) is 0 Å². The number of hydrogen-bond acceptors (Lipinski definition) is 4. The molecular weight excluding hydrogens is 278 g/mol. The van der Waals surface area contributed by atoms with Gasteiger partial charge in [0.05, 0.1) is 5.60 Å². The molecule has 22 heavy (non-hydrogen) atoms. The third-order valence-electron chi connectivity index (χ3n) is 4.89. The van der Waals surface area contributed by atoms with Crippen molar-refractivity contribution in [1.82, 2.24) is 15.6 Å². The van der Waals surface area contributed by atoms with Gasteiger partial charge in [0.2, 0.25) is 0 Å². The molecule has 3 heterocycles. The number of nitrogens with one attached hydrogen (secondary N) is 2. The minimum atomic E-state index is -0.00830. The van der Waals surface area contributed by atoms with Gasteiger partial charge >= 0.3 is 0 Å². The molecule has 3 rings (SSSR count). The van der Waals surface area contributed by atoms with Crippen molar-refractivity contribution in [3.8, 4) is 0 Å². The molecule has 0 aromatic carbocycles. The Morgan fingerprint density at radius 2 is 2.14 bits per heavy atom. The number of nitrogens with zero attached hydrogens (tertiary/aromatic N) is 1. The van der Waals surface area contributed by atoms with Gasteiger partial charge in [-0.25, -0.2) is 0 Å². The Morgan fingerprint density at radius 3 is 2.91 bits per heavy atom. The van der Waals surface area contributed by atoms with Crippen LogP contribution in [0.5, 0.6) is 0 Å². The second kappa shape index (κ2) is 7.20. The lowest BCUT2D eigenvalue weighted by molar-refractivity contribution is -0.114. The Balaban J connectivity index is 1.44. The molecule has 2 aliphatic rings. The number of ether oxygens (including phenoxy) is 1. The number of carbonyl (C=O) groups excluding carboxylic acids is 1. The standard InChI is InChI=1S/C17H25N3O2/c21-16(15-2-7-18-8-3-15)20-9-1-14-4-12-22-17(13-14)5-10-19-11-6-17/h2-3,7-8,14,19H,1,4-6,9-13H2,(H,20,21). The molecule has 2 aliphatic heterocycles. The van der Waals surface area contributed by atoms with Crippen LogP contribution < -0.4 is 10.6 Å². The fourth-order valence-electron chi connectivity index (χ4n) is 3.60. The van der Waals surface area contributed by atoms with Crippen molar-refractivity contribution in [3.05, 3.63) is 30.1 Å². The van der Waals surface area contributed by atoms with E-state index in [0.29, 0.717) is 11.5 Å². The minimum absolute atomic E-state index is 0.00830. The van der Waals surface area contributed by atoms with Crippen molar-refractivity contribution in [2.24, 2.45) is 5.92 Å². The largest absolute Gasteiger partial charge is 0.375 e. The van der Waals surface area contributed by atoms with Crippen LogP contribution in [0.25, 0.3) is 0 Å². The predicted molar refractivity (Wildman–Crippen MR) is 84.7 cm³/mol. The predicted octanol–water partition coefficient (Wildman–Crippen LogP) is 1.75. The monoisotopic (exact) mass is 303 g/mol. The molecule has 0 radical (unpaired) electrons. The third-order valence-corrected chi connectivity index (χ3v) is 4.89. The van der Waals surface area contributed by atoms with Crippen molar-refractivity contribution < 1.29 is 9.53 Å². The molecule has 1 spiro atoms. The molecule has 1 atom stereocenters. The van der Waals surface area contributed by atoms with E-state index < -0.39 is 0 Å². The fourth-order valence-corrected chi connectivity index (χ4v) is 3.60. The zero-order chi connectivity index (χ0) is 15.3. The normalized spacial score (nSPS) is 24.1. The number of hydrogen-bond donors (Lipinski definition) is 2. The second-order valence-corrected chi connectivity index (χ2v) is 6.42. The van der Waals surface area contributed by atoms with Crippen LogP contribution in [-0.2, 0) is 4.74 Å². The number of pyridine rings is 1. The summed E-state index contributed by atoms with van der Waals surface area (Å²) >= 11 is 0. The van der Waals surface area contributed by atoms with E-state index in [1.165, 1.54) is 0 Å². The number of amides is 1. The quantitative estimate of drug-likeness (QED) is 0.889. The summed E-state index contributed by atoms with van der Waals surface area (Å²) in [6.07, 6.45) is 8.82. The minimum Gasteiger partial charge on any atom is -0.375 e. The van der Waals surface area contributed by atoms with Gasteiger partial charge in [-0.15, -0.1) is 0 Å². The molecule has 1 aromatic rings. The molecule has 5 heteroatoms. The first kappa shape index (κ1) is 15.4. The van der Waals surface area contributed by atoms with Gasteiger partial charge in [0, 0.05) is 31.1 Å². The molecule has 2 saturated heterocycles. The Labute approximate surface area is 131 Å². The lowest BCUT2D eigenvalue weighted by Crippen LogP contribution is -2.48. The van der Waals surface area contributed by atoms with Crippen molar-refractivity contribution in [3.63, 3.8) is 0 Å². The van der Waals surface area contributed by atoms with Crippen LogP contribution >= 0.6 is 0 Å². The molecular formula is C17H25N3O2. The second-order valence-electron chi connectivity index (χ2n) is 6.42. The maximum atomic E-state index is 12.0.